The highest BCUT2D eigenvalue weighted by Crippen LogP contribution is 2.31. The van der Waals surface area contributed by atoms with Gasteiger partial charge in [-0.2, -0.15) is 0 Å². The molecule has 0 fully saturated rings. The van der Waals surface area contributed by atoms with E-state index in [-0.39, 0.29) is 24.1 Å². The molecule has 1 aliphatic heterocycles. The van der Waals surface area contributed by atoms with Gasteiger partial charge in [0.1, 0.15) is 6.04 Å². The van der Waals surface area contributed by atoms with Crippen LogP contribution in [-0.4, -0.2) is 40.7 Å². The van der Waals surface area contributed by atoms with E-state index in [0.29, 0.717) is 17.5 Å². The van der Waals surface area contributed by atoms with Gasteiger partial charge in [-0.25, -0.2) is 9.59 Å². The molecular formula is C17H17NO7S. The molecule has 1 aromatic carbocycles. The Labute approximate surface area is 153 Å². The highest BCUT2D eigenvalue weighted by molar-refractivity contribution is 8.13. The Morgan fingerprint density at radius 3 is 2.58 bits per heavy atom. The van der Waals surface area contributed by atoms with Crippen molar-refractivity contribution in [3.8, 4) is 0 Å². The monoisotopic (exact) mass is 379 g/mol. The SMILES string of the molecule is C=C1OC(COC(=O)SC[C@H](NC(C)=O)C(=O)O)=C(c2ccccc2)O1. The number of rotatable bonds is 7. The lowest BCUT2D eigenvalue weighted by atomic mass is 10.2. The number of nitrogens with one attached hydrogen (secondary N) is 1. The van der Waals surface area contributed by atoms with Gasteiger partial charge in [-0.15, -0.1) is 0 Å². The van der Waals surface area contributed by atoms with E-state index in [4.69, 9.17) is 19.3 Å². The normalized spacial score (nSPS) is 14.3. The zero-order valence-corrected chi connectivity index (χ0v) is 14.7. The van der Waals surface area contributed by atoms with Gasteiger partial charge in [-0.05, 0) is 18.3 Å². The van der Waals surface area contributed by atoms with Crippen molar-refractivity contribution in [2.24, 2.45) is 0 Å². The number of hydrogen-bond donors (Lipinski definition) is 2. The summed E-state index contributed by atoms with van der Waals surface area (Å²) < 4.78 is 15.8. The van der Waals surface area contributed by atoms with Crippen molar-refractivity contribution < 1.29 is 33.7 Å². The molecule has 0 radical (unpaired) electrons. The predicted octanol–water partition coefficient (Wildman–Crippen LogP) is 2.33. The number of thioether (sulfide) groups is 1. The summed E-state index contributed by atoms with van der Waals surface area (Å²) in [6.07, 6.45) is 0. The van der Waals surface area contributed by atoms with Crippen molar-refractivity contribution in [1.29, 1.82) is 0 Å². The Morgan fingerprint density at radius 2 is 1.96 bits per heavy atom. The van der Waals surface area contributed by atoms with Gasteiger partial charge in [-0.1, -0.05) is 30.3 Å². The molecule has 9 heteroatoms. The number of carbonyl (C=O) groups excluding carboxylic acids is 2. The van der Waals surface area contributed by atoms with Crippen molar-refractivity contribution in [2.45, 2.75) is 13.0 Å². The smallest absolute Gasteiger partial charge is 0.367 e. The Morgan fingerprint density at radius 1 is 1.27 bits per heavy atom. The second-order valence-corrected chi connectivity index (χ2v) is 6.09. The summed E-state index contributed by atoms with van der Waals surface area (Å²) in [6.45, 7) is 4.57. The molecule has 0 saturated carbocycles. The van der Waals surface area contributed by atoms with Crippen LogP contribution in [0.2, 0.25) is 0 Å². The highest BCUT2D eigenvalue weighted by Gasteiger charge is 2.25. The fraction of sp³-hybridized carbons (Fsp3) is 0.235. The van der Waals surface area contributed by atoms with Gasteiger partial charge in [0, 0.05) is 18.2 Å². The molecule has 1 amide bonds. The largest absolute Gasteiger partial charge is 0.480 e. The van der Waals surface area contributed by atoms with Crippen molar-refractivity contribution in [1.82, 2.24) is 5.32 Å². The van der Waals surface area contributed by atoms with Crippen LogP contribution in [0.25, 0.3) is 5.76 Å². The predicted molar refractivity (Wildman–Crippen MR) is 93.7 cm³/mol. The Balaban J connectivity index is 1.92. The summed E-state index contributed by atoms with van der Waals surface area (Å²) in [5.41, 5.74) is 0.737. The second-order valence-electron chi connectivity index (χ2n) is 5.14. The summed E-state index contributed by atoms with van der Waals surface area (Å²) in [6, 6.07) is 7.91. The van der Waals surface area contributed by atoms with Crippen LogP contribution in [0.4, 0.5) is 4.79 Å². The van der Waals surface area contributed by atoms with Crippen molar-refractivity contribution in [3.63, 3.8) is 0 Å². The summed E-state index contributed by atoms with van der Waals surface area (Å²) in [4.78, 5) is 33.8. The lowest BCUT2D eigenvalue weighted by Crippen LogP contribution is -2.41. The molecule has 2 rings (SSSR count). The molecule has 0 aromatic heterocycles. The van der Waals surface area contributed by atoms with Crippen molar-refractivity contribution in [3.05, 3.63) is 54.2 Å². The zero-order valence-electron chi connectivity index (χ0n) is 13.9. The molecular weight excluding hydrogens is 362 g/mol. The van der Waals surface area contributed by atoms with Gasteiger partial charge in [0.2, 0.25) is 5.91 Å². The lowest BCUT2D eigenvalue weighted by Gasteiger charge is -2.12. The molecule has 1 aromatic rings. The zero-order chi connectivity index (χ0) is 19.1. The Kier molecular flexibility index (Phi) is 6.67. The van der Waals surface area contributed by atoms with E-state index in [1.54, 1.807) is 12.1 Å². The molecule has 1 aliphatic rings. The molecule has 0 aliphatic carbocycles. The average Bonchev–Trinajstić information content (AvgIpc) is 2.97. The number of carbonyl (C=O) groups is 3. The second kappa shape index (κ2) is 8.95. The van der Waals surface area contributed by atoms with Crippen LogP contribution in [0.15, 0.2) is 48.6 Å². The van der Waals surface area contributed by atoms with E-state index in [1.165, 1.54) is 6.92 Å². The molecule has 8 nitrogen and oxygen atoms in total. The first-order valence-electron chi connectivity index (χ1n) is 7.49. The Hall–Kier alpha value is -2.94. The first kappa shape index (κ1) is 19.4. The fourth-order valence-electron chi connectivity index (χ4n) is 2.02. The van der Waals surface area contributed by atoms with Crippen LogP contribution in [0.3, 0.4) is 0 Å². The molecule has 0 unspecified atom stereocenters. The number of carboxylic acids is 1. The van der Waals surface area contributed by atoms with E-state index < -0.39 is 23.2 Å². The van der Waals surface area contributed by atoms with Crippen LogP contribution in [0.5, 0.6) is 0 Å². The minimum atomic E-state index is -1.24. The van der Waals surface area contributed by atoms with Crippen LogP contribution in [0, 0.1) is 0 Å². The maximum Gasteiger partial charge on any atom is 0.367 e. The van der Waals surface area contributed by atoms with Crippen LogP contribution in [0.1, 0.15) is 12.5 Å². The molecule has 1 atom stereocenters. The standard InChI is InChI=1S/C17H17NO7S/c1-10(19)18-13(16(20)21)9-26-17(22)23-8-14-15(25-11(2)24-14)12-6-4-3-5-7-12/h3-7,13H,2,8-9H2,1H3,(H,18,19)(H,20,21)/t13-/m0/s1. The number of aliphatic carboxylic acids is 1. The van der Waals surface area contributed by atoms with E-state index in [9.17, 15) is 14.4 Å². The number of amides is 1. The third-order valence-corrected chi connectivity index (χ3v) is 3.96. The van der Waals surface area contributed by atoms with Crippen molar-refractivity contribution >= 4 is 34.7 Å². The summed E-state index contributed by atoms with van der Waals surface area (Å²) in [7, 11) is 0. The van der Waals surface area contributed by atoms with Gasteiger partial charge in [-0.3, -0.25) is 4.79 Å². The maximum atomic E-state index is 11.8. The molecule has 0 spiro atoms. The van der Waals surface area contributed by atoms with E-state index in [0.717, 1.165) is 5.56 Å². The minimum Gasteiger partial charge on any atom is -0.480 e. The van der Waals surface area contributed by atoms with Crippen LogP contribution >= 0.6 is 11.8 Å². The maximum absolute atomic E-state index is 11.8. The van der Waals surface area contributed by atoms with Gasteiger partial charge in [0.05, 0.1) is 0 Å². The lowest BCUT2D eigenvalue weighted by molar-refractivity contribution is -0.140. The summed E-state index contributed by atoms with van der Waals surface area (Å²) in [5.74, 6) is -1.15. The van der Waals surface area contributed by atoms with Crippen LogP contribution < -0.4 is 5.32 Å². The summed E-state index contributed by atoms with van der Waals surface area (Å²) >= 11 is 0.638. The Bertz CT molecular complexity index is 745. The molecule has 2 N–H and O–H groups in total. The van der Waals surface area contributed by atoms with Gasteiger partial charge in [0.15, 0.2) is 18.1 Å². The van der Waals surface area contributed by atoms with E-state index in [1.807, 2.05) is 18.2 Å². The molecule has 26 heavy (non-hydrogen) atoms. The van der Waals surface area contributed by atoms with Crippen molar-refractivity contribution in [2.75, 3.05) is 12.4 Å². The highest BCUT2D eigenvalue weighted by atomic mass is 32.2. The van der Waals surface area contributed by atoms with Gasteiger partial charge >= 0.3 is 11.3 Å². The van der Waals surface area contributed by atoms with Gasteiger partial charge < -0.3 is 24.6 Å². The average molecular weight is 379 g/mol. The molecule has 1 heterocycles. The van der Waals surface area contributed by atoms with E-state index in [2.05, 4.69) is 11.9 Å². The number of benzene rings is 1. The fourth-order valence-corrected chi connectivity index (χ4v) is 2.69. The number of ether oxygens (including phenoxy) is 3. The molecule has 0 bridgehead atoms. The first-order valence-corrected chi connectivity index (χ1v) is 8.48. The summed E-state index contributed by atoms with van der Waals surface area (Å²) in [5, 5.41) is 10.5. The van der Waals surface area contributed by atoms with E-state index >= 15 is 0 Å². The number of carboxylic acid groups (broad SMARTS) is 1. The molecule has 0 saturated heterocycles. The van der Waals surface area contributed by atoms with Crippen LogP contribution in [-0.2, 0) is 23.8 Å². The quantitative estimate of drug-likeness (QED) is 0.695. The number of hydrogen-bond acceptors (Lipinski definition) is 7. The van der Waals surface area contributed by atoms with Gasteiger partial charge in [0.25, 0.3) is 5.95 Å². The molecule has 138 valence electrons. The first-order chi connectivity index (χ1) is 12.4. The minimum absolute atomic E-state index is 0.0687. The topological polar surface area (TPSA) is 111 Å². The third kappa shape index (κ3) is 5.55. The third-order valence-electron chi connectivity index (χ3n) is 3.11.